The van der Waals surface area contributed by atoms with Crippen LogP contribution in [-0.4, -0.2) is 54.5 Å². The molecule has 1 fully saturated rings. The lowest BCUT2D eigenvalue weighted by Crippen LogP contribution is -2.31. The number of rotatable bonds is 7. The van der Waals surface area contributed by atoms with Crippen LogP contribution in [0.1, 0.15) is 30.3 Å². The molecule has 2 heterocycles. The second-order valence-corrected chi connectivity index (χ2v) is 7.12. The fraction of sp³-hybridized carbons (Fsp3) is 0.450. The standard InChI is InChI=1S/C20H27FN6O/c1-22-18-10-17(25-20(26-18)14-4-3-9-23-11-14)12-27(2)13-19(28)24-16-7-5-15(21)6-8-16/h5-8,10,14,23H,3-4,9,11-13H2,1-2H3,(H,24,28)(H,22,25,26). The molecule has 0 saturated carbocycles. The summed E-state index contributed by atoms with van der Waals surface area (Å²) in [5.74, 6) is 1.46. The van der Waals surface area contributed by atoms with Gasteiger partial charge < -0.3 is 16.0 Å². The van der Waals surface area contributed by atoms with Gasteiger partial charge in [-0.2, -0.15) is 0 Å². The van der Waals surface area contributed by atoms with Gasteiger partial charge in [0.25, 0.3) is 0 Å². The van der Waals surface area contributed by atoms with Crippen molar-refractivity contribution in [3.05, 3.63) is 47.7 Å². The third-order valence-electron chi connectivity index (χ3n) is 4.69. The van der Waals surface area contributed by atoms with Crippen molar-refractivity contribution < 1.29 is 9.18 Å². The number of nitrogens with zero attached hydrogens (tertiary/aromatic N) is 3. The van der Waals surface area contributed by atoms with Crippen LogP contribution in [0.4, 0.5) is 15.9 Å². The number of benzene rings is 1. The van der Waals surface area contributed by atoms with E-state index in [1.807, 2.05) is 25.1 Å². The van der Waals surface area contributed by atoms with Crippen molar-refractivity contribution in [3.63, 3.8) is 0 Å². The first-order chi connectivity index (χ1) is 13.5. The van der Waals surface area contributed by atoms with Gasteiger partial charge in [-0.25, -0.2) is 14.4 Å². The molecule has 28 heavy (non-hydrogen) atoms. The maximum Gasteiger partial charge on any atom is 0.238 e. The number of likely N-dealkylation sites (N-methyl/N-ethyl adjacent to an activating group) is 1. The molecular formula is C20H27FN6O. The average molecular weight is 386 g/mol. The summed E-state index contributed by atoms with van der Waals surface area (Å²) < 4.78 is 13.0. The first-order valence-corrected chi connectivity index (χ1v) is 9.54. The summed E-state index contributed by atoms with van der Waals surface area (Å²) >= 11 is 0. The number of hydrogen-bond donors (Lipinski definition) is 3. The normalized spacial score (nSPS) is 16.8. The zero-order valence-corrected chi connectivity index (χ0v) is 16.3. The Bertz CT molecular complexity index is 792. The summed E-state index contributed by atoms with van der Waals surface area (Å²) in [5.41, 5.74) is 1.45. The minimum atomic E-state index is -0.330. The minimum Gasteiger partial charge on any atom is -0.373 e. The minimum absolute atomic E-state index is 0.159. The van der Waals surface area contributed by atoms with Crippen LogP contribution in [0.25, 0.3) is 0 Å². The lowest BCUT2D eigenvalue weighted by Gasteiger charge is -2.23. The molecule has 150 valence electrons. The highest BCUT2D eigenvalue weighted by Gasteiger charge is 2.19. The number of amides is 1. The summed E-state index contributed by atoms with van der Waals surface area (Å²) in [6.07, 6.45) is 2.20. The summed E-state index contributed by atoms with van der Waals surface area (Å²) in [4.78, 5) is 23.5. The van der Waals surface area contributed by atoms with Gasteiger partial charge in [0.1, 0.15) is 17.5 Å². The fourth-order valence-electron chi connectivity index (χ4n) is 3.29. The van der Waals surface area contributed by atoms with Gasteiger partial charge in [-0.3, -0.25) is 9.69 Å². The van der Waals surface area contributed by atoms with Crippen molar-refractivity contribution in [3.8, 4) is 0 Å². The third kappa shape index (κ3) is 5.71. The van der Waals surface area contributed by atoms with E-state index in [1.54, 1.807) is 12.1 Å². The van der Waals surface area contributed by atoms with Gasteiger partial charge in [-0.05, 0) is 50.7 Å². The highest BCUT2D eigenvalue weighted by atomic mass is 19.1. The number of carbonyl (C=O) groups is 1. The van der Waals surface area contributed by atoms with Gasteiger partial charge in [-0.15, -0.1) is 0 Å². The Morgan fingerprint density at radius 2 is 2.11 bits per heavy atom. The van der Waals surface area contributed by atoms with E-state index < -0.39 is 0 Å². The van der Waals surface area contributed by atoms with Crippen molar-refractivity contribution in [1.82, 2.24) is 20.2 Å². The monoisotopic (exact) mass is 386 g/mol. The molecule has 3 N–H and O–H groups in total. The number of piperidine rings is 1. The Morgan fingerprint density at radius 3 is 2.79 bits per heavy atom. The lowest BCUT2D eigenvalue weighted by atomic mass is 9.99. The van der Waals surface area contributed by atoms with Gasteiger partial charge >= 0.3 is 0 Å². The molecule has 0 aliphatic carbocycles. The molecule has 1 aromatic carbocycles. The Labute approximate surface area is 164 Å². The number of anilines is 2. The van der Waals surface area contributed by atoms with Crippen LogP contribution in [0.2, 0.25) is 0 Å². The van der Waals surface area contributed by atoms with Gasteiger partial charge in [0.05, 0.1) is 12.2 Å². The lowest BCUT2D eigenvalue weighted by molar-refractivity contribution is -0.117. The first kappa shape index (κ1) is 20.2. The molecule has 0 spiro atoms. The molecule has 8 heteroatoms. The van der Waals surface area contributed by atoms with E-state index in [2.05, 4.69) is 20.9 Å². The van der Waals surface area contributed by atoms with E-state index in [0.29, 0.717) is 18.2 Å². The predicted molar refractivity (Wildman–Crippen MR) is 108 cm³/mol. The third-order valence-corrected chi connectivity index (χ3v) is 4.69. The molecule has 1 aliphatic rings. The van der Waals surface area contributed by atoms with Crippen LogP contribution in [0.3, 0.4) is 0 Å². The van der Waals surface area contributed by atoms with Crippen LogP contribution in [0, 0.1) is 5.82 Å². The topological polar surface area (TPSA) is 82.2 Å². The number of halogens is 1. The highest BCUT2D eigenvalue weighted by molar-refractivity contribution is 5.92. The van der Waals surface area contributed by atoms with E-state index in [0.717, 1.165) is 43.3 Å². The van der Waals surface area contributed by atoms with E-state index >= 15 is 0 Å². The molecule has 1 aliphatic heterocycles. The van der Waals surface area contributed by atoms with Crippen molar-refractivity contribution >= 4 is 17.4 Å². The smallest absolute Gasteiger partial charge is 0.238 e. The van der Waals surface area contributed by atoms with E-state index in [4.69, 9.17) is 4.98 Å². The molecular weight excluding hydrogens is 359 g/mol. The summed E-state index contributed by atoms with van der Waals surface area (Å²) in [5, 5.41) is 9.27. The molecule has 3 rings (SSSR count). The highest BCUT2D eigenvalue weighted by Crippen LogP contribution is 2.22. The first-order valence-electron chi connectivity index (χ1n) is 9.54. The Kier molecular flexibility index (Phi) is 6.89. The fourth-order valence-corrected chi connectivity index (χ4v) is 3.29. The van der Waals surface area contributed by atoms with E-state index in [9.17, 15) is 9.18 Å². The largest absolute Gasteiger partial charge is 0.373 e. The number of hydrogen-bond acceptors (Lipinski definition) is 6. The van der Waals surface area contributed by atoms with Gasteiger partial charge in [-0.1, -0.05) is 0 Å². The Balaban J connectivity index is 1.61. The zero-order valence-electron chi connectivity index (χ0n) is 16.3. The van der Waals surface area contributed by atoms with Gasteiger partial charge in [0.15, 0.2) is 0 Å². The maximum absolute atomic E-state index is 13.0. The van der Waals surface area contributed by atoms with Crippen LogP contribution in [0.5, 0.6) is 0 Å². The molecule has 7 nitrogen and oxygen atoms in total. The van der Waals surface area contributed by atoms with E-state index in [1.165, 1.54) is 12.1 Å². The molecule has 1 atom stereocenters. The van der Waals surface area contributed by atoms with E-state index in [-0.39, 0.29) is 18.3 Å². The molecule has 1 unspecified atom stereocenters. The van der Waals surface area contributed by atoms with Crippen LogP contribution < -0.4 is 16.0 Å². The average Bonchev–Trinajstić information content (AvgIpc) is 2.70. The second kappa shape index (κ2) is 9.57. The summed E-state index contributed by atoms with van der Waals surface area (Å²) in [6, 6.07) is 7.64. The molecule has 1 amide bonds. The van der Waals surface area contributed by atoms with Crippen molar-refractivity contribution in [1.29, 1.82) is 0 Å². The SMILES string of the molecule is CNc1cc(CN(C)CC(=O)Nc2ccc(F)cc2)nc(C2CCCNC2)n1. The zero-order chi connectivity index (χ0) is 19.9. The molecule has 0 bridgehead atoms. The van der Waals surface area contributed by atoms with Gasteiger partial charge in [0.2, 0.25) is 5.91 Å². The predicted octanol–water partition coefficient (Wildman–Crippen LogP) is 2.19. The maximum atomic E-state index is 13.0. The molecule has 1 aromatic heterocycles. The van der Waals surface area contributed by atoms with Crippen LogP contribution in [0.15, 0.2) is 30.3 Å². The Morgan fingerprint density at radius 1 is 1.32 bits per heavy atom. The number of aromatic nitrogens is 2. The molecule has 0 radical (unpaired) electrons. The second-order valence-electron chi connectivity index (χ2n) is 7.12. The number of nitrogens with one attached hydrogen (secondary N) is 3. The van der Waals surface area contributed by atoms with Crippen molar-refractivity contribution in [2.45, 2.75) is 25.3 Å². The summed E-state index contributed by atoms with van der Waals surface area (Å²) in [7, 11) is 3.71. The van der Waals surface area contributed by atoms with Crippen LogP contribution >= 0.6 is 0 Å². The van der Waals surface area contributed by atoms with Crippen molar-refractivity contribution in [2.75, 3.05) is 44.4 Å². The Hall–Kier alpha value is -2.58. The molecule has 2 aromatic rings. The van der Waals surface area contributed by atoms with Gasteiger partial charge in [0, 0.05) is 37.8 Å². The molecule has 1 saturated heterocycles. The van der Waals surface area contributed by atoms with Crippen LogP contribution in [-0.2, 0) is 11.3 Å². The quantitative estimate of drug-likeness (QED) is 0.677. The van der Waals surface area contributed by atoms with Crippen molar-refractivity contribution in [2.24, 2.45) is 0 Å². The number of carbonyl (C=O) groups excluding carboxylic acids is 1. The summed E-state index contributed by atoms with van der Waals surface area (Å²) in [6.45, 7) is 2.67.